The van der Waals surface area contributed by atoms with Gasteiger partial charge < -0.3 is 4.57 Å². The zero-order valence-electron chi connectivity index (χ0n) is 16.1. The summed E-state index contributed by atoms with van der Waals surface area (Å²) in [7, 11) is -2.19. The molecule has 0 unspecified atom stereocenters. The van der Waals surface area contributed by atoms with Crippen molar-refractivity contribution in [3.05, 3.63) is 82.1 Å². The lowest BCUT2D eigenvalue weighted by atomic mass is 10.2. The number of amides is 2. The highest BCUT2D eigenvalue weighted by atomic mass is 79.9. The zero-order valence-corrected chi connectivity index (χ0v) is 18.5. The molecule has 3 aromatic rings. The Labute approximate surface area is 182 Å². The highest BCUT2D eigenvalue weighted by molar-refractivity contribution is 9.10. The molecule has 0 aliphatic rings. The fourth-order valence-corrected chi connectivity index (χ4v) is 4.27. The maximum Gasteiger partial charge on any atom is 0.286 e. The molecule has 156 valence electrons. The first kappa shape index (κ1) is 21.6. The number of hydrogen-bond acceptors (Lipinski definition) is 4. The molecule has 0 saturated carbocycles. The Morgan fingerprint density at radius 1 is 0.967 bits per heavy atom. The Hall–Kier alpha value is -3.11. The third-order valence-corrected chi connectivity index (χ3v) is 6.02. The molecule has 0 radical (unpaired) electrons. The standard InChI is InChI=1S/C20H19BrN4O4S/c1-13-6-8-16(9-7-13)24-30(28,29)17-5-3-4-14(10-17)19(26)22-23-20(27)18-11-15(21)12-25(18)2/h3-12,24H,1-2H3,(H,22,26)(H,23,27). The van der Waals surface area contributed by atoms with E-state index in [1.54, 1.807) is 48.1 Å². The van der Waals surface area contributed by atoms with Crippen LogP contribution >= 0.6 is 15.9 Å². The maximum absolute atomic E-state index is 12.6. The summed E-state index contributed by atoms with van der Waals surface area (Å²) in [6, 6.07) is 14.0. The monoisotopic (exact) mass is 490 g/mol. The number of halogens is 1. The van der Waals surface area contributed by atoms with Crippen LogP contribution in [0, 0.1) is 6.92 Å². The quantitative estimate of drug-likeness (QED) is 0.477. The van der Waals surface area contributed by atoms with Gasteiger partial charge in [-0.25, -0.2) is 8.42 Å². The first-order valence-electron chi connectivity index (χ1n) is 8.78. The van der Waals surface area contributed by atoms with Crippen molar-refractivity contribution in [1.29, 1.82) is 0 Å². The molecule has 0 saturated heterocycles. The zero-order chi connectivity index (χ0) is 21.9. The minimum absolute atomic E-state index is 0.0755. The molecule has 1 heterocycles. The molecule has 30 heavy (non-hydrogen) atoms. The molecule has 0 atom stereocenters. The third kappa shape index (κ3) is 5.08. The van der Waals surface area contributed by atoms with Crippen LogP contribution in [0.5, 0.6) is 0 Å². The number of aryl methyl sites for hydroxylation is 2. The molecule has 0 fully saturated rings. The normalized spacial score (nSPS) is 11.0. The molecule has 8 nitrogen and oxygen atoms in total. The summed E-state index contributed by atoms with van der Waals surface area (Å²) in [5.41, 5.74) is 6.42. The first-order valence-corrected chi connectivity index (χ1v) is 11.1. The molecule has 3 N–H and O–H groups in total. The van der Waals surface area contributed by atoms with Gasteiger partial charge in [0.2, 0.25) is 0 Å². The Kier molecular flexibility index (Phi) is 6.28. The maximum atomic E-state index is 12.6. The van der Waals surface area contributed by atoms with Gasteiger partial charge >= 0.3 is 0 Å². The molecule has 2 aromatic carbocycles. The topological polar surface area (TPSA) is 109 Å². The highest BCUT2D eigenvalue weighted by Gasteiger charge is 2.17. The summed E-state index contributed by atoms with van der Waals surface area (Å²) >= 11 is 3.27. The molecule has 0 bridgehead atoms. The van der Waals surface area contributed by atoms with Crippen molar-refractivity contribution in [2.75, 3.05) is 4.72 Å². The van der Waals surface area contributed by atoms with Gasteiger partial charge in [0.25, 0.3) is 21.8 Å². The number of rotatable bonds is 5. The second kappa shape index (κ2) is 8.72. The van der Waals surface area contributed by atoms with Gasteiger partial charge in [0.15, 0.2) is 0 Å². The second-order valence-electron chi connectivity index (χ2n) is 6.56. The average molecular weight is 491 g/mol. The van der Waals surface area contributed by atoms with E-state index in [0.717, 1.165) is 10.0 Å². The summed E-state index contributed by atoms with van der Waals surface area (Å²) in [4.78, 5) is 24.5. The molecular weight excluding hydrogens is 472 g/mol. The average Bonchev–Trinajstić information content (AvgIpc) is 3.05. The van der Waals surface area contributed by atoms with Gasteiger partial charge in [0.05, 0.1) is 4.90 Å². The molecule has 2 amide bonds. The molecule has 1 aromatic heterocycles. The van der Waals surface area contributed by atoms with Crippen LogP contribution in [-0.2, 0) is 17.1 Å². The van der Waals surface area contributed by atoms with Crippen molar-refractivity contribution in [2.24, 2.45) is 7.05 Å². The van der Waals surface area contributed by atoms with Gasteiger partial charge in [0.1, 0.15) is 5.69 Å². The van der Waals surface area contributed by atoms with Crippen molar-refractivity contribution in [3.63, 3.8) is 0 Å². The summed E-state index contributed by atoms with van der Waals surface area (Å²) in [5.74, 6) is -1.16. The number of anilines is 1. The van der Waals surface area contributed by atoms with E-state index < -0.39 is 21.8 Å². The number of sulfonamides is 1. The van der Waals surface area contributed by atoms with E-state index in [4.69, 9.17) is 0 Å². The van der Waals surface area contributed by atoms with Crippen LogP contribution < -0.4 is 15.6 Å². The van der Waals surface area contributed by atoms with Gasteiger partial charge in [0, 0.05) is 29.0 Å². The number of nitrogens with zero attached hydrogens (tertiary/aromatic N) is 1. The lowest BCUT2D eigenvalue weighted by molar-refractivity contribution is 0.0842. The number of carbonyl (C=O) groups is 2. The van der Waals surface area contributed by atoms with Crippen molar-refractivity contribution >= 4 is 43.5 Å². The predicted octanol–water partition coefficient (Wildman–Crippen LogP) is 2.97. The Balaban J connectivity index is 1.71. The van der Waals surface area contributed by atoms with Gasteiger partial charge in [-0.15, -0.1) is 0 Å². The van der Waals surface area contributed by atoms with Crippen LogP contribution in [0.25, 0.3) is 0 Å². The third-order valence-electron chi connectivity index (χ3n) is 4.20. The van der Waals surface area contributed by atoms with Crippen molar-refractivity contribution < 1.29 is 18.0 Å². The number of aromatic nitrogens is 1. The van der Waals surface area contributed by atoms with E-state index in [1.165, 1.54) is 24.3 Å². The molecule has 0 spiro atoms. The summed E-state index contributed by atoms with van der Waals surface area (Å²) in [6.45, 7) is 1.90. The van der Waals surface area contributed by atoms with Crippen LogP contribution in [-0.4, -0.2) is 24.8 Å². The minimum Gasteiger partial charge on any atom is -0.345 e. The number of carbonyl (C=O) groups excluding carboxylic acids is 2. The number of hydrogen-bond donors (Lipinski definition) is 3. The van der Waals surface area contributed by atoms with Crippen molar-refractivity contribution in [2.45, 2.75) is 11.8 Å². The first-order chi connectivity index (χ1) is 14.2. The summed E-state index contributed by atoms with van der Waals surface area (Å²) in [5, 5.41) is 0. The largest absolute Gasteiger partial charge is 0.345 e. The van der Waals surface area contributed by atoms with Gasteiger partial charge in [-0.3, -0.25) is 25.2 Å². The Bertz CT molecular complexity index is 1200. The lowest BCUT2D eigenvalue weighted by Crippen LogP contribution is -2.42. The minimum atomic E-state index is -3.89. The summed E-state index contributed by atoms with van der Waals surface area (Å²) in [6.07, 6.45) is 1.70. The smallest absolute Gasteiger partial charge is 0.286 e. The fraction of sp³-hybridized carbons (Fsp3) is 0.100. The number of hydrazine groups is 1. The van der Waals surface area contributed by atoms with E-state index >= 15 is 0 Å². The van der Waals surface area contributed by atoms with Crippen molar-refractivity contribution in [3.8, 4) is 0 Å². The van der Waals surface area contributed by atoms with Gasteiger partial charge in [-0.05, 0) is 59.3 Å². The van der Waals surface area contributed by atoms with Crippen molar-refractivity contribution in [1.82, 2.24) is 15.4 Å². The van der Waals surface area contributed by atoms with Gasteiger partial charge in [-0.1, -0.05) is 23.8 Å². The number of benzene rings is 2. The number of nitrogens with one attached hydrogen (secondary N) is 3. The van der Waals surface area contributed by atoms with Gasteiger partial charge in [-0.2, -0.15) is 0 Å². The van der Waals surface area contributed by atoms with E-state index in [2.05, 4.69) is 31.5 Å². The van der Waals surface area contributed by atoms with E-state index in [-0.39, 0.29) is 10.5 Å². The predicted molar refractivity (Wildman–Crippen MR) is 116 cm³/mol. The molecular formula is C20H19BrN4O4S. The lowest BCUT2D eigenvalue weighted by Gasteiger charge is -2.11. The molecule has 0 aliphatic carbocycles. The molecule has 10 heteroatoms. The molecule has 0 aliphatic heterocycles. The Morgan fingerprint density at radius 2 is 1.63 bits per heavy atom. The van der Waals surface area contributed by atoms with Crippen LogP contribution in [0.3, 0.4) is 0 Å². The van der Waals surface area contributed by atoms with Crippen LogP contribution in [0.15, 0.2) is 70.2 Å². The summed E-state index contributed by atoms with van der Waals surface area (Å²) < 4.78 is 30.1. The van der Waals surface area contributed by atoms with Crippen LogP contribution in [0.2, 0.25) is 0 Å². The SMILES string of the molecule is Cc1ccc(NS(=O)(=O)c2cccc(C(=O)NNC(=O)c3cc(Br)cn3C)c2)cc1. The fourth-order valence-electron chi connectivity index (χ4n) is 2.64. The van der Waals surface area contributed by atoms with E-state index in [9.17, 15) is 18.0 Å². The van der Waals surface area contributed by atoms with Crippen LogP contribution in [0.4, 0.5) is 5.69 Å². The van der Waals surface area contributed by atoms with Crippen LogP contribution in [0.1, 0.15) is 26.4 Å². The van der Waals surface area contributed by atoms with E-state index in [0.29, 0.717) is 11.4 Å². The molecule has 3 rings (SSSR count). The highest BCUT2D eigenvalue weighted by Crippen LogP contribution is 2.18. The second-order valence-corrected chi connectivity index (χ2v) is 9.16. The Morgan fingerprint density at radius 3 is 2.27 bits per heavy atom. The van der Waals surface area contributed by atoms with E-state index in [1.807, 2.05) is 6.92 Å².